The Labute approximate surface area is 162 Å². The van der Waals surface area contributed by atoms with E-state index in [2.05, 4.69) is 19.9 Å². The smallest absolute Gasteiger partial charge is 0.162 e. The molecule has 0 aliphatic carbocycles. The van der Waals surface area contributed by atoms with Crippen molar-refractivity contribution in [2.75, 3.05) is 20.8 Å². The van der Waals surface area contributed by atoms with Crippen molar-refractivity contribution in [2.24, 2.45) is 0 Å². The average molecular weight is 379 g/mol. The van der Waals surface area contributed by atoms with Gasteiger partial charge in [0.05, 0.1) is 31.0 Å². The first kappa shape index (κ1) is 18.1. The van der Waals surface area contributed by atoms with E-state index >= 15 is 0 Å². The first-order valence-corrected chi connectivity index (χ1v) is 8.94. The summed E-state index contributed by atoms with van der Waals surface area (Å²) in [7, 11) is 3.18. The molecule has 0 spiro atoms. The topological polar surface area (TPSA) is 93.5 Å². The second-order valence-corrected chi connectivity index (χ2v) is 6.58. The normalized spacial score (nSPS) is 13.8. The highest BCUT2D eigenvalue weighted by Crippen LogP contribution is 2.35. The number of phenols is 1. The Morgan fingerprint density at radius 1 is 1.07 bits per heavy atom. The predicted octanol–water partition coefficient (Wildman–Crippen LogP) is 2.21. The summed E-state index contributed by atoms with van der Waals surface area (Å²) in [5.74, 6) is 1.98. The Morgan fingerprint density at radius 2 is 1.79 bits per heavy atom. The number of hydrogen-bond donors (Lipinski definition) is 1. The summed E-state index contributed by atoms with van der Waals surface area (Å²) in [6.07, 6.45) is 7.62. The van der Waals surface area contributed by atoms with E-state index in [-0.39, 0.29) is 5.75 Å². The number of fused-ring (bicyclic) bond motifs is 1. The number of methoxy groups -OCH3 is 2. The summed E-state index contributed by atoms with van der Waals surface area (Å²) >= 11 is 0. The first-order chi connectivity index (χ1) is 13.7. The number of hydrogen-bond acceptors (Lipinski definition) is 8. The molecule has 2 aromatic heterocycles. The van der Waals surface area contributed by atoms with E-state index in [0.717, 1.165) is 41.9 Å². The molecule has 0 saturated carbocycles. The third kappa shape index (κ3) is 3.59. The van der Waals surface area contributed by atoms with Gasteiger partial charge in [-0.25, -0.2) is 19.9 Å². The van der Waals surface area contributed by atoms with Gasteiger partial charge in [-0.1, -0.05) is 0 Å². The van der Waals surface area contributed by atoms with Crippen LogP contribution in [0.3, 0.4) is 0 Å². The van der Waals surface area contributed by atoms with Gasteiger partial charge in [-0.05, 0) is 0 Å². The van der Waals surface area contributed by atoms with Crippen LogP contribution < -0.4 is 9.47 Å². The van der Waals surface area contributed by atoms with E-state index in [9.17, 15) is 5.11 Å². The minimum absolute atomic E-state index is 0.118. The molecule has 1 aliphatic rings. The van der Waals surface area contributed by atoms with Crippen molar-refractivity contribution in [3.05, 3.63) is 53.9 Å². The van der Waals surface area contributed by atoms with Crippen LogP contribution in [-0.2, 0) is 19.5 Å². The molecule has 8 heteroatoms. The van der Waals surface area contributed by atoms with Gasteiger partial charge in [0.1, 0.15) is 23.6 Å². The van der Waals surface area contributed by atoms with Gasteiger partial charge in [-0.3, -0.25) is 4.90 Å². The molecule has 0 atom stereocenters. The van der Waals surface area contributed by atoms with Crippen LogP contribution in [0.2, 0.25) is 0 Å². The first-order valence-electron chi connectivity index (χ1n) is 8.94. The molecule has 3 aromatic rings. The largest absolute Gasteiger partial charge is 0.508 e. The molecule has 0 amide bonds. The minimum atomic E-state index is 0.118. The van der Waals surface area contributed by atoms with Crippen LogP contribution in [0.4, 0.5) is 0 Å². The van der Waals surface area contributed by atoms with Crippen molar-refractivity contribution in [2.45, 2.75) is 19.5 Å². The summed E-state index contributed by atoms with van der Waals surface area (Å²) in [5, 5.41) is 9.84. The molecule has 0 unspecified atom stereocenters. The van der Waals surface area contributed by atoms with Gasteiger partial charge in [-0.2, -0.15) is 0 Å². The zero-order valence-electron chi connectivity index (χ0n) is 15.8. The summed E-state index contributed by atoms with van der Waals surface area (Å²) in [5.41, 5.74) is 3.87. The molecule has 144 valence electrons. The fourth-order valence-corrected chi connectivity index (χ4v) is 3.41. The van der Waals surface area contributed by atoms with Crippen molar-refractivity contribution >= 4 is 0 Å². The van der Waals surface area contributed by atoms with Crippen LogP contribution in [0.1, 0.15) is 16.8 Å². The average Bonchev–Trinajstić information content (AvgIpc) is 2.74. The van der Waals surface area contributed by atoms with Crippen molar-refractivity contribution in [1.82, 2.24) is 24.8 Å². The number of rotatable bonds is 5. The highest BCUT2D eigenvalue weighted by atomic mass is 16.5. The maximum Gasteiger partial charge on any atom is 0.162 e. The maximum absolute atomic E-state index is 9.84. The van der Waals surface area contributed by atoms with E-state index in [1.165, 1.54) is 6.33 Å². The molecule has 4 rings (SSSR count). The van der Waals surface area contributed by atoms with Crippen molar-refractivity contribution < 1.29 is 14.6 Å². The van der Waals surface area contributed by atoms with Crippen LogP contribution in [0.5, 0.6) is 17.2 Å². The lowest BCUT2D eigenvalue weighted by Crippen LogP contribution is -2.31. The maximum atomic E-state index is 9.84. The van der Waals surface area contributed by atoms with Gasteiger partial charge < -0.3 is 14.6 Å². The lowest BCUT2D eigenvalue weighted by atomic mass is 10.0. The highest BCUT2D eigenvalue weighted by molar-refractivity contribution is 5.52. The number of phenolic OH excluding ortho intramolecular Hbond substituents is 1. The fourth-order valence-electron chi connectivity index (χ4n) is 3.41. The second kappa shape index (κ2) is 7.77. The number of aromatic nitrogens is 4. The van der Waals surface area contributed by atoms with Gasteiger partial charge in [0, 0.05) is 62.3 Å². The molecule has 1 aliphatic heterocycles. The third-order valence-electron chi connectivity index (χ3n) is 4.81. The Balaban J connectivity index is 1.56. The van der Waals surface area contributed by atoms with E-state index in [1.807, 2.05) is 6.20 Å². The molecule has 0 saturated heterocycles. The minimum Gasteiger partial charge on any atom is -0.508 e. The monoisotopic (exact) mass is 379 g/mol. The van der Waals surface area contributed by atoms with Gasteiger partial charge in [-0.15, -0.1) is 0 Å². The molecular weight excluding hydrogens is 358 g/mol. The number of aromatic hydroxyl groups is 1. The molecule has 0 fully saturated rings. The lowest BCUT2D eigenvalue weighted by molar-refractivity contribution is 0.234. The zero-order valence-corrected chi connectivity index (χ0v) is 15.8. The summed E-state index contributed by atoms with van der Waals surface area (Å²) in [6.45, 7) is 2.22. The number of nitrogens with zero attached hydrogens (tertiary/aromatic N) is 5. The van der Waals surface area contributed by atoms with Gasteiger partial charge in [0.25, 0.3) is 0 Å². The Morgan fingerprint density at radius 3 is 2.46 bits per heavy atom. The van der Waals surface area contributed by atoms with Gasteiger partial charge in [0.2, 0.25) is 0 Å². The standard InChI is InChI=1S/C20H21N5O3/c1-27-18-5-15(26)6-19(28-2)16(18)11-25-4-3-17-14(10-25)9-23-20(24-17)13-7-21-12-22-8-13/h5-9,12,26H,3-4,10-11H2,1-2H3. The second-order valence-electron chi connectivity index (χ2n) is 6.58. The number of ether oxygens (including phenoxy) is 2. The molecule has 1 N–H and O–H groups in total. The molecule has 1 aromatic carbocycles. The molecule has 28 heavy (non-hydrogen) atoms. The van der Waals surface area contributed by atoms with Gasteiger partial charge in [0.15, 0.2) is 5.82 Å². The van der Waals surface area contributed by atoms with Crippen molar-refractivity contribution in [3.63, 3.8) is 0 Å². The Hall–Kier alpha value is -3.26. The summed E-state index contributed by atoms with van der Waals surface area (Å²) in [4.78, 5) is 19.5. The van der Waals surface area contributed by atoms with E-state index in [4.69, 9.17) is 14.5 Å². The third-order valence-corrected chi connectivity index (χ3v) is 4.81. The van der Waals surface area contributed by atoms with Crippen LogP contribution in [0, 0.1) is 0 Å². The van der Waals surface area contributed by atoms with E-state index in [0.29, 0.717) is 23.9 Å². The molecule has 3 heterocycles. The van der Waals surface area contributed by atoms with Crippen LogP contribution >= 0.6 is 0 Å². The lowest BCUT2D eigenvalue weighted by Gasteiger charge is -2.29. The van der Waals surface area contributed by atoms with Crippen molar-refractivity contribution in [1.29, 1.82) is 0 Å². The van der Waals surface area contributed by atoms with Crippen LogP contribution in [0.25, 0.3) is 11.4 Å². The number of benzene rings is 1. The molecular formula is C20H21N5O3. The highest BCUT2D eigenvalue weighted by Gasteiger charge is 2.22. The van der Waals surface area contributed by atoms with Crippen molar-refractivity contribution in [3.8, 4) is 28.6 Å². The molecule has 0 bridgehead atoms. The zero-order chi connectivity index (χ0) is 19.5. The quantitative estimate of drug-likeness (QED) is 0.721. The predicted molar refractivity (Wildman–Crippen MR) is 102 cm³/mol. The van der Waals surface area contributed by atoms with Gasteiger partial charge >= 0.3 is 0 Å². The SMILES string of the molecule is COc1cc(O)cc(OC)c1CN1CCc2nc(-c3cncnc3)ncc2C1. The van der Waals surface area contributed by atoms with E-state index in [1.54, 1.807) is 38.7 Å². The van der Waals surface area contributed by atoms with E-state index < -0.39 is 0 Å². The Bertz CT molecular complexity index is 956. The summed E-state index contributed by atoms with van der Waals surface area (Å²) in [6, 6.07) is 3.21. The molecule has 0 radical (unpaired) electrons. The van der Waals surface area contributed by atoms with Crippen LogP contribution in [-0.4, -0.2) is 50.7 Å². The fraction of sp³-hybridized carbons (Fsp3) is 0.300. The summed E-state index contributed by atoms with van der Waals surface area (Å²) < 4.78 is 10.9. The molecule has 8 nitrogen and oxygen atoms in total. The van der Waals surface area contributed by atoms with Crippen LogP contribution in [0.15, 0.2) is 37.1 Å². The Kier molecular flexibility index (Phi) is 5.03.